The minimum atomic E-state index is 0.496. The van der Waals surface area contributed by atoms with Crippen molar-refractivity contribution in [3.8, 4) is 11.4 Å². The van der Waals surface area contributed by atoms with E-state index in [0.717, 1.165) is 12.2 Å². The Morgan fingerprint density at radius 1 is 1.35 bits per heavy atom. The average Bonchev–Trinajstić information content (AvgIpc) is 2.69. The number of nitrogens with one attached hydrogen (secondary N) is 1. The second-order valence-electron chi connectivity index (χ2n) is 3.55. The first-order valence-corrected chi connectivity index (χ1v) is 5.97. The van der Waals surface area contributed by atoms with E-state index in [9.17, 15) is 0 Å². The quantitative estimate of drug-likeness (QED) is 0.932. The highest BCUT2D eigenvalue weighted by Crippen LogP contribution is 2.31. The Balaban J connectivity index is 2.50. The third kappa shape index (κ3) is 2.53. The van der Waals surface area contributed by atoms with Crippen LogP contribution in [0.2, 0.25) is 10.0 Å². The minimum absolute atomic E-state index is 0.496. The van der Waals surface area contributed by atoms with E-state index in [4.69, 9.17) is 23.2 Å². The van der Waals surface area contributed by atoms with Gasteiger partial charge in [0.2, 0.25) is 0 Å². The molecule has 0 unspecified atom stereocenters. The van der Waals surface area contributed by atoms with E-state index >= 15 is 0 Å². The Morgan fingerprint density at radius 3 is 2.71 bits per heavy atom. The van der Waals surface area contributed by atoms with Gasteiger partial charge in [-0.2, -0.15) is 5.10 Å². The lowest BCUT2D eigenvalue weighted by molar-refractivity contribution is 0.770. The number of rotatable bonds is 3. The molecular formula is C11H12Cl2N4. The van der Waals surface area contributed by atoms with Crippen LogP contribution in [0.3, 0.4) is 0 Å². The van der Waals surface area contributed by atoms with Gasteiger partial charge in [0, 0.05) is 19.8 Å². The summed E-state index contributed by atoms with van der Waals surface area (Å²) >= 11 is 12.2. The number of nitrogens with zero attached hydrogens (tertiary/aromatic N) is 3. The molecule has 0 radical (unpaired) electrons. The highest BCUT2D eigenvalue weighted by atomic mass is 35.5. The molecule has 2 heterocycles. The summed E-state index contributed by atoms with van der Waals surface area (Å²) in [5.41, 5.74) is 1.36. The fourth-order valence-electron chi connectivity index (χ4n) is 1.48. The molecule has 0 atom stereocenters. The zero-order valence-corrected chi connectivity index (χ0v) is 11.0. The fraction of sp³-hybridized carbons (Fsp3) is 0.273. The summed E-state index contributed by atoms with van der Waals surface area (Å²) in [4.78, 5) is 4.39. The van der Waals surface area contributed by atoms with Gasteiger partial charge in [0.15, 0.2) is 0 Å². The van der Waals surface area contributed by atoms with Gasteiger partial charge in [0.05, 0.1) is 10.0 Å². The van der Waals surface area contributed by atoms with Gasteiger partial charge in [-0.3, -0.25) is 4.68 Å². The van der Waals surface area contributed by atoms with Crippen molar-refractivity contribution in [3.05, 3.63) is 28.4 Å². The van der Waals surface area contributed by atoms with E-state index < -0.39 is 0 Å². The monoisotopic (exact) mass is 270 g/mol. The first-order valence-electron chi connectivity index (χ1n) is 5.21. The molecule has 2 aromatic heterocycles. The first-order chi connectivity index (χ1) is 8.11. The molecule has 0 fully saturated rings. The smallest absolute Gasteiger partial charge is 0.145 e. The zero-order chi connectivity index (χ0) is 12.4. The van der Waals surface area contributed by atoms with Crippen LogP contribution < -0.4 is 5.32 Å². The standard InChI is InChI=1S/C11H12Cl2N4/c1-3-14-11-8(13)6-7(12)10(15-11)9-4-5-17(2)16-9/h4-6H,3H2,1-2H3,(H,14,15). The number of hydrogen-bond donors (Lipinski definition) is 1. The molecule has 1 N–H and O–H groups in total. The van der Waals surface area contributed by atoms with Crippen LogP contribution in [0.4, 0.5) is 5.82 Å². The summed E-state index contributed by atoms with van der Waals surface area (Å²) in [6, 6.07) is 3.54. The lowest BCUT2D eigenvalue weighted by atomic mass is 10.2. The maximum atomic E-state index is 6.12. The molecular weight excluding hydrogens is 259 g/mol. The van der Waals surface area contributed by atoms with E-state index in [1.165, 1.54) is 0 Å². The summed E-state index contributed by atoms with van der Waals surface area (Å²) in [6.45, 7) is 2.73. The van der Waals surface area contributed by atoms with Crippen LogP contribution >= 0.6 is 23.2 Å². The van der Waals surface area contributed by atoms with Crippen LogP contribution in [0.15, 0.2) is 18.3 Å². The molecule has 90 valence electrons. The van der Waals surface area contributed by atoms with Crippen molar-refractivity contribution in [1.82, 2.24) is 14.8 Å². The van der Waals surface area contributed by atoms with Gasteiger partial charge in [0.1, 0.15) is 17.2 Å². The van der Waals surface area contributed by atoms with Crippen molar-refractivity contribution in [1.29, 1.82) is 0 Å². The SMILES string of the molecule is CCNc1nc(-c2ccn(C)n2)c(Cl)cc1Cl. The summed E-state index contributed by atoms with van der Waals surface area (Å²) in [5, 5.41) is 8.36. The van der Waals surface area contributed by atoms with Gasteiger partial charge in [-0.25, -0.2) is 4.98 Å². The van der Waals surface area contributed by atoms with E-state index in [1.807, 2.05) is 26.2 Å². The largest absolute Gasteiger partial charge is 0.369 e. The molecule has 0 aliphatic rings. The fourth-order valence-corrected chi connectivity index (χ4v) is 2.00. The minimum Gasteiger partial charge on any atom is -0.369 e. The Kier molecular flexibility index (Phi) is 3.54. The Morgan fingerprint density at radius 2 is 2.12 bits per heavy atom. The molecule has 17 heavy (non-hydrogen) atoms. The molecule has 2 rings (SSSR count). The first kappa shape index (κ1) is 12.2. The number of hydrogen-bond acceptors (Lipinski definition) is 3. The van der Waals surface area contributed by atoms with E-state index in [2.05, 4.69) is 15.4 Å². The molecule has 0 aliphatic carbocycles. The lowest BCUT2D eigenvalue weighted by Gasteiger charge is -2.08. The van der Waals surface area contributed by atoms with Gasteiger partial charge in [-0.05, 0) is 19.1 Å². The van der Waals surface area contributed by atoms with Gasteiger partial charge in [0.25, 0.3) is 0 Å². The Bertz CT molecular complexity index is 536. The van der Waals surface area contributed by atoms with Crippen molar-refractivity contribution >= 4 is 29.0 Å². The zero-order valence-electron chi connectivity index (χ0n) is 9.54. The van der Waals surface area contributed by atoms with Gasteiger partial charge >= 0.3 is 0 Å². The number of anilines is 1. The average molecular weight is 271 g/mol. The van der Waals surface area contributed by atoms with Crippen molar-refractivity contribution in [3.63, 3.8) is 0 Å². The van der Waals surface area contributed by atoms with Crippen LogP contribution in [0, 0.1) is 0 Å². The molecule has 0 aliphatic heterocycles. The second-order valence-corrected chi connectivity index (χ2v) is 4.37. The topological polar surface area (TPSA) is 42.7 Å². The van der Waals surface area contributed by atoms with E-state index in [-0.39, 0.29) is 0 Å². The van der Waals surface area contributed by atoms with Gasteiger partial charge in [-0.1, -0.05) is 23.2 Å². The molecule has 0 bridgehead atoms. The summed E-state index contributed by atoms with van der Waals surface area (Å²) in [7, 11) is 1.85. The lowest BCUT2D eigenvalue weighted by Crippen LogP contribution is -2.01. The van der Waals surface area contributed by atoms with Crippen LogP contribution in [-0.4, -0.2) is 21.3 Å². The van der Waals surface area contributed by atoms with Crippen LogP contribution in [-0.2, 0) is 7.05 Å². The molecule has 2 aromatic rings. The van der Waals surface area contributed by atoms with Crippen LogP contribution in [0.25, 0.3) is 11.4 Å². The van der Waals surface area contributed by atoms with Crippen LogP contribution in [0.5, 0.6) is 0 Å². The number of aromatic nitrogens is 3. The maximum absolute atomic E-state index is 6.12. The predicted octanol–water partition coefficient (Wildman–Crippen LogP) is 3.22. The van der Waals surface area contributed by atoms with E-state index in [1.54, 1.807) is 10.7 Å². The van der Waals surface area contributed by atoms with Crippen LogP contribution in [0.1, 0.15) is 6.92 Å². The van der Waals surface area contributed by atoms with Crippen molar-refractivity contribution < 1.29 is 0 Å². The molecule has 4 nitrogen and oxygen atoms in total. The maximum Gasteiger partial charge on any atom is 0.145 e. The summed E-state index contributed by atoms with van der Waals surface area (Å²) < 4.78 is 1.70. The second kappa shape index (κ2) is 4.94. The molecule has 0 spiro atoms. The predicted molar refractivity (Wildman–Crippen MR) is 70.6 cm³/mol. The Hall–Kier alpha value is -1.26. The summed E-state index contributed by atoms with van der Waals surface area (Å²) in [6.07, 6.45) is 1.84. The molecule has 0 saturated heterocycles. The van der Waals surface area contributed by atoms with E-state index in [0.29, 0.717) is 21.6 Å². The van der Waals surface area contributed by atoms with Gasteiger partial charge < -0.3 is 5.32 Å². The van der Waals surface area contributed by atoms with Crippen molar-refractivity contribution in [2.75, 3.05) is 11.9 Å². The normalized spacial score (nSPS) is 10.6. The van der Waals surface area contributed by atoms with Gasteiger partial charge in [-0.15, -0.1) is 0 Å². The third-order valence-corrected chi connectivity index (χ3v) is 2.81. The summed E-state index contributed by atoms with van der Waals surface area (Å²) in [5.74, 6) is 0.624. The molecule has 0 saturated carbocycles. The third-order valence-electron chi connectivity index (χ3n) is 2.23. The number of halogens is 2. The van der Waals surface area contributed by atoms with Crippen molar-refractivity contribution in [2.24, 2.45) is 7.05 Å². The van der Waals surface area contributed by atoms with Crippen molar-refractivity contribution in [2.45, 2.75) is 6.92 Å². The Labute approximate surface area is 110 Å². The highest BCUT2D eigenvalue weighted by molar-refractivity contribution is 6.37. The molecule has 0 aromatic carbocycles. The number of pyridine rings is 1. The highest BCUT2D eigenvalue weighted by Gasteiger charge is 2.12. The molecule has 0 amide bonds. The molecule has 6 heteroatoms. The number of aryl methyl sites for hydroxylation is 1.